The first-order valence-corrected chi connectivity index (χ1v) is 9.09. The summed E-state index contributed by atoms with van der Waals surface area (Å²) in [7, 11) is 0. The molecule has 0 aliphatic heterocycles. The van der Waals surface area contributed by atoms with Crippen molar-refractivity contribution >= 4 is 29.0 Å². The van der Waals surface area contributed by atoms with Gasteiger partial charge in [0.15, 0.2) is 0 Å². The summed E-state index contributed by atoms with van der Waals surface area (Å²) in [5.74, 6) is 1.48. The molecular formula is C17H16N2O2S2. The highest BCUT2D eigenvalue weighted by Gasteiger charge is 2.13. The number of hydrogen-bond acceptors (Lipinski definition) is 5. The highest BCUT2D eigenvalue weighted by atomic mass is 32.2. The first kappa shape index (κ1) is 15.8. The Balaban J connectivity index is 1.57. The van der Waals surface area contributed by atoms with E-state index in [1.165, 1.54) is 0 Å². The fourth-order valence-electron chi connectivity index (χ4n) is 2.06. The number of thiazole rings is 1. The minimum atomic E-state index is -0.156. The third-order valence-corrected chi connectivity index (χ3v) is 4.99. The second-order valence-corrected chi connectivity index (χ2v) is 6.77. The predicted molar refractivity (Wildman–Crippen MR) is 92.7 cm³/mol. The molecule has 118 valence electrons. The van der Waals surface area contributed by atoms with Crippen LogP contribution in [0.2, 0.25) is 0 Å². The molecule has 0 unspecified atom stereocenters. The normalized spacial score (nSPS) is 12.0. The van der Waals surface area contributed by atoms with Crippen LogP contribution in [0.25, 0.3) is 0 Å². The number of thioether (sulfide) groups is 1. The van der Waals surface area contributed by atoms with Crippen LogP contribution in [-0.4, -0.2) is 10.9 Å². The molecule has 3 rings (SSSR count). The van der Waals surface area contributed by atoms with E-state index < -0.39 is 0 Å². The average molecular weight is 344 g/mol. The molecule has 0 saturated carbocycles. The Bertz CT molecular complexity index is 738. The number of carbonyl (C=O) groups is 1. The summed E-state index contributed by atoms with van der Waals surface area (Å²) in [6.45, 7) is 1.90. The van der Waals surface area contributed by atoms with Crippen LogP contribution in [-0.2, 0) is 5.75 Å². The Morgan fingerprint density at radius 3 is 2.83 bits per heavy atom. The van der Waals surface area contributed by atoms with E-state index in [2.05, 4.69) is 10.3 Å². The largest absolute Gasteiger partial charge is 0.467 e. The van der Waals surface area contributed by atoms with Gasteiger partial charge in [0.25, 0.3) is 5.91 Å². The number of nitrogens with zero attached hydrogens (tertiary/aromatic N) is 1. The van der Waals surface area contributed by atoms with E-state index in [9.17, 15) is 4.79 Å². The van der Waals surface area contributed by atoms with Crippen LogP contribution < -0.4 is 5.32 Å². The van der Waals surface area contributed by atoms with Gasteiger partial charge in [-0.15, -0.1) is 23.1 Å². The molecule has 0 aliphatic rings. The van der Waals surface area contributed by atoms with Crippen molar-refractivity contribution in [2.45, 2.75) is 23.6 Å². The van der Waals surface area contributed by atoms with E-state index >= 15 is 0 Å². The number of aromatic nitrogens is 1. The third kappa shape index (κ3) is 4.24. The molecule has 6 heteroatoms. The molecule has 0 aliphatic carbocycles. The van der Waals surface area contributed by atoms with Crippen molar-refractivity contribution in [2.24, 2.45) is 0 Å². The van der Waals surface area contributed by atoms with E-state index in [4.69, 9.17) is 4.42 Å². The van der Waals surface area contributed by atoms with Crippen LogP contribution in [0.15, 0.2) is 62.9 Å². The third-order valence-electron chi connectivity index (χ3n) is 3.30. The van der Waals surface area contributed by atoms with Gasteiger partial charge < -0.3 is 9.73 Å². The maximum Gasteiger partial charge on any atom is 0.251 e. The summed E-state index contributed by atoms with van der Waals surface area (Å²) in [6, 6.07) is 11.1. The van der Waals surface area contributed by atoms with Crippen molar-refractivity contribution < 1.29 is 9.21 Å². The minimum Gasteiger partial charge on any atom is -0.467 e. The second kappa shape index (κ2) is 7.48. The van der Waals surface area contributed by atoms with Crippen LogP contribution in [0.5, 0.6) is 0 Å². The molecule has 0 bridgehead atoms. The van der Waals surface area contributed by atoms with Crippen LogP contribution in [0.1, 0.15) is 34.8 Å². The van der Waals surface area contributed by atoms with Crippen LogP contribution >= 0.6 is 23.1 Å². The van der Waals surface area contributed by atoms with Crippen molar-refractivity contribution in [3.05, 3.63) is 70.6 Å². The van der Waals surface area contributed by atoms with Crippen molar-refractivity contribution in [3.8, 4) is 0 Å². The number of benzene rings is 1. The van der Waals surface area contributed by atoms with Crippen molar-refractivity contribution in [2.75, 3.05) is 0 Å². The zero-order chi connectivity index (χ0) is 16.1. The van der Waals surface area contributed by atoms with Crippen LogP contribution in [0.4, 0.5) is 0 Å². The molecule has 0 spiro atoms. The lowest BCUT2D eigenvalue weighted by Gasteiger charge is -2.11. The number of amides is 1. The highest BCUT2D eigenvalue weighted by molar-refractivity contribution is 7.98. The van der Waals surface area contributed by atoms with Gasteiger partial charge in [0.1, 0.15) is 5.76 Å². The van der Waals surface area contributed by atoms with E-state index in [-0.39, 0.29) is 11.9 Å². The Morgan fingerprint density at radius 2 is 2.17 bits per heavy atom. The maximum atomic E-state index is 12.2. The number of carbonyl (C=O) groups excluding carboxylic acids is 1. The van der Waals surface area contributed by atoms with Gasteiger partial charge in [-0.05, 0) is 43.3 Å². The first-order chi connectivity index (χ1) is 11.2. The summed E-state index contributed by atoms with van der Waals surface area (Å²) >= 11 is 3.31. The van der Waals surface area contributed by atoms with Crippen LogP contribution in [0, 0.1) is 0 Å². The summed E-state index contributed by atoms with van der Waals surface area (Å²) < 4.78 is 5.30. The number of nitrogens with one attached hydrogen (secondary N) is 1. The molecule has 0 fully saturated rings. The van der Waals surface area contributed by atoms with Crippen LogP contribution in [0.3, 0.4) is 0 Å². The van der Waals surface area contributed by atoms with E-state index in [1.807, 2.05) is 54.2 Å². The number of rotatable bonds is 6. The molecule has 2 heterocycles. The van der Waals surface area contributed by atoms with Gasteiger partial charge in [0.2, 0.25) is 0 Å². The standard InChI is InChI=1S/C17H16N2O2S2/c1-12(16-3-2-8-21-16)19-17(20)13-4-6-15(7-5-13)23-10-14-9-22-11-18-14/h2-9,11-12H,10H2,1H3,(H,19,20)/t12-/m0/s1. The molecule has 2 aromatic heterocycles. The van der Waals surface area contributed by atoms with Gasteiger partial charge in [0, 0.05) is 21.6 Å². The second-order valence-electron chi connectivity index (χ2n) is 5.00. The van der Waals surface area contributed by atoms with E-state index in [0.29, 0.717) is 5.56 Å². The lowest BCUT2D eigenvalue weighted by molar-refractivity contribution is 0.0935. The molecule has 4 nitrogen and oxygen atoms in total. The van der Waals surface area contributed by atoms with E-state index in [1.54, 1.807) is 29.4 Å². The minimum absolute atomic E-state index is 0.107. The Hall–Kier alpha value is -2.05. The molecule has 1 aromatic carbocycles. The first-order valence-electron chi connectivity index (χ1n) is 7.16. The highest BCUT2D eigenvalue weighted by Crippen LogP contribution is 2.23. The molecule has 0 saturated heterocycles. The van der Waals surface area contributed by atoms with E-state index in [0.717, 1.165) is 22.1 Å². The van der Waals surface area contributed by atoms with Gasteiger partial charge in [0.05, 0.1) is 23.5 Å². The summed E-state index contributed by atoms with van der Waals surface area (Å²) in [5, 5.41) is 4.97. The molecule has 23 heavy (non-hydrogen) atoms. The zero-order valence-electron chi connectivity index (χ0n) is 12.6. The Morgan fingerprint density at radius 1 is 1.35 bits per heavy atom. The van der Waals surface area contributed by atoms with Gasteiger partial charge in [-0.25, -0.2) is 4.98 Å². The van der Waals surface area contributed by atoms with Gasteiger partial charge in [-0.3, -0.25) is 4.79 Å². The van der Waals surface area contributed by atoms with Gasteiger partial charge >= 0.3 is 0 Å². The molecular weight excluding hydrogens is 328 g/mol. The SMILES string of the molecule is C[C@H](NC(=O)c1ccc(SCc2cscn2)cc1)c1ccco1. The van der Waals surface area contributed by atoms with Gasteiger partial charge in [-0.1, -0.05) is 0 Å². The number of hydrogen-bond donors (Lipinski definition) is 1. The molecule has 1 amide bonds. The predicted octanol–water partition coefficient (Wildman–Crippen LogP) is 4.52. The van der Waals surface area contributed by atoms with Gasteiger partial charge in [-0.2, -0.15) is 0 Å². The lowest BCUT2D eigenvalue weighted by Crippen LogP contribution is -2.26. The smallest absolute Gasteiger partial charge is 0.251 e. The topological polar surface area (TPSA) is 55.1 Å². The monoisotopic (exact) mass is 344 g/mol. The summed E-state index contributed by atoms with van der Waals surface area (Å²) in [5.41, 5.74) is 3.55. The maximum absolute atomic E-state index is 12.2. The molecule has 1 N–H and O–H groups in total. The molecule has 1 atom stereocenters. The number of furan rings is 1. The summed E-state index contributed by atoms with van der Waals surface area (Å²) in [6.07, 6.45) is 1.60. The fourth-order valence-corrected chi connectivity index (χ4v) is 3.52. The fraction of sp³-hybridized carbons (Fsp3) is 0.176. The van der Waals surface area contributed by atoms with Crippen molar-refractivity contribution in [3.63, 3.8) is 0 Å². The lowest BCUT2D eigenvalue weighted by atomic mass is 10.2. The molecule has 3 aromatic rings. The quantitative estimate of drug-likeness (QED) is 0.668. The Kier molecular flexibility index (Phi) is 5.15. The van der Waals surface area contributed by atoms with Crippen molar-refractivity contribution in [1.82, 2.24) is 10.3 Å². The van der Waals surface area contributed by atoms with Crippen molar-refractivity contribution in [1.29, 1.82) is 0 Å². The Labute approximate surface area is 142 Å². The molecule has 0 radical (unpaired) electrons. The zero-order valence-corrected chi connectivity index (χ0v) is 14.2. The summed E-state index contributed by atoms with van der Waals surface area (Å²) in [4.78, 5) is 17.6. The average Bonchev–Trinajstić information content (AvgIpc) is 3.26.